The van der Waals surface area contributed by atoms with Crippen LogP contribution in [0.15, 0.2) is 144 Å². The second kappa shape index (κ2) is 20.9. The lowest BCUT2D eigenvalue weighted by atomic mass is 10.1. The van der Waals surface area contributed by atoms with E-state index in [1.54, 1.807) is 6.92 Å². The van der Waals surface area contributed by atoms with Gasteiger partial charge in [-0.3, -0.25) is 9.98 Å². The summed E-state index contributed by atoms with van der Waals surface area (Å²) in [4.78, 5) is 28.6. The standard InChI is InChI=1S/C24H23N3O2.C23H25NO2/c1-2-6-19(7-3-1)20-11-12-21(27-17-20)18-29-23-9-4-8-22(16-23)28-15-5-10-24-25-13-14-26-24;1-18(25)8-3-2-4-9-19-10-7-12-22(16-19)26-17-21-15-14-20-11-5-6-13-23(20)24-21/h1-4,6-9,11-13,16-17H,5,10,14-15,18H2;5-7,10-16H,2-4,8-9,17H2,1H3. The summed E-state index contributed by atoms with van der Waals surface area (Å²) in [6.45, 7) is 3.87. The Morgan fingerprint density at radius 1 is 0.636 bits per heavy atom. The number of para-hydroxylation sites is 1. The minimum atomic E-state index is 0.280. The molecule has 4 aromatic carbocycles. The van der Waals surface area contributed by atoms with Crippen LogP contribution in [0.5, 0.6) is 17.2 Å². The molecule has 1 aliphatic rings. The van der Waals surface area contributed by atoms with E-state index in [1.807, 2.05) is 97.3 Å². The number of aryl methyl sites for hydroxylation is 1. The molecular formula is C47H48N4O4. The van der Waals surface area contributed by atoms with E-state index in [-0.39, 0.29) is 5.78 Å². The van der Waals surface area contributed by atoms with Gasteiger partial charge in [-0.05, 0) is 86.2 Å². The summed E-state index contributed by atoms with van der Waals surface area (Å²) >= 11 is 0. The lowest BCUT2D eigenvalue weighted by molar-refractivity contribution is -0.117. The number of hydrogen-bond donors (Lipinski definition) is 0. The van der Waals surface area contributed by atoms with Gasteiger partial charge in [0, 0.05) is 42.3 Å². The van der Waals surface area contributed by atoms with Crippen LogP contribution in [0, 0.1) is 0 Å². The molecule has 2 aromatic heterocycles. The van der Waals surface area contributed by atoms with Crippen molar-refractivity contribution < 1.29 is 19.0 Å². The number of aromatic nitrogens is 2. The van der Waals surface area contributed by atoms with Gasteiger partial charge in [-0.25, -0.2) is 9.98 Å². The third-order valence-electron chi connectivity index (χ3n) is 8.97. The highest BCUT2D eigenvalue weighted by Crippen LogP contribution is 2.23. The molecule has 8 nitrogen and oxygen atoms in total. The van der Waals surface area contributed by atoms with Gasteiger partial charge in [0.1, 0.15) is 42.1 Å². The zero-order valence-corrected chi connectivity index (χ0v) is 31.5. The summed E-state index contributed by atoms with van der Waals surface area (Å²) in [5.74, 6) is 3.63. The Morgan fingerprint density at radius 2 is 1.38 bits per heavy atom. The predicted octanol–water partition coefficient (Wildman–Crippen LogP) is 10.5. The Labute approximate surface area is 324 Å². The molecule has 6 aromatic rings. The van der Waals surface area contributed by atoms with Crippen molar-refractivity contribution in [2.24, 2.45) is 9.98 Å². The minimum absolute atomic E-state index is 0.280. The van der Waals surface area contributed by atoms with Gasteiger partial charge in [-0.1, -0.05) is 85.3 Å². The van der Waals surface area contributed by atoms with Crippen LogP contribution >= 0.6 is 0 Å². The van der Waals surface area contributed by atoms with E-state index in [4.69, 9.17) is 14.2 Å². The highest BCUT2D eigenvalue weighted by atomic mass is 16.5. The number of fused-ring (bicyclic) bond motifs is 1. The number of Topliss-reactive ketones (excluding diaryl/α,β-unsaturated/α-hetero) is 1. The first kappa shape index (κ1) is 38.6. The number of carbonyl (C=O) groups excluding carboxylic acids is 1. The predicted molar refractivity (Wildman–Crippen MR) is 221 cm³/mol. The fraction of sp³-hybridized carbons (Fsp3) is 0.255. The van der Waals surface area contributed by atoms with Crippen molar-refractivity contribution in [2.45, 2.75) is 65.1 Å². The fourth-order valence-corrected chi connectivity index (χ4v) is 6.04. The molecule has 0 fully saturated rings. The maximum Gasteiger partial charge on any atom is 0.130 e. The van der Waals surface area contributed by atoms with Gasteiger partial charge in [0.15, 0.2) is 0 Å². The molecule has 0 radical (unpaired) electrons. The average molecular weight is 733 g/mol. The number of aliphatic imine (C=N–C) groups is 2. The van der Waals surface area contributed by atoms with Crippen LogP contribution in [0.25, 0.3) is 22.0 Å². The largest absolute Gasteiger partial charge is 0.493 e. The zero-order valence-electron chi connectivity index (χ0n) is 31.5. The molecule has 1 aliphatic heterocycles. The van der Waals surface area contributed by atoms with Crippen LogP contribution < -0.4 is 14.2 Å². The number of rotatable bonds is 18. The monoisotopic (exact) mass is 732 g/mol. The van der Waals surface area contributed by atoms with Crippen molar-refractivity contribution >= 4 is 28.7 Å². The van der Waals surface area contributed by atoms with Gasteiger partial charge < -0.3 is 19.0 Å². The Balaban J connectivity index is 0.000000188. The van der Waals surface area contributed by atoms with E-state index in [2.05, 4.69) is 62.4 Å². The Kier molecular flexibility index (Phi) is 14.7. The number of amidine groups is 1. The molecule has 0 saturated carbocycles. The molecule has 0 saturated heterocycles. The van der Waals surface area contributed by atoms with Crippen LogP contribution in [0.1, 0.15) is 62.4 Å². The van der Waals surface area contributed by atoms with E-state index < -0.39 is 0 Å². The second-order valence-electron chi connectivity index (χ2n) is 13.4. The van der Waals surface area contributed by atoms with Gasteiger partial charge in [0.05, 0.1) is 30.1 Å². The highest BCUT2D eigenvalue weighted by molar-refractivity contribution is 5.94. The Bertz CT molecular complexity index is 2170. The lowest BCUT2D eigenvalue weighted by Gasteiger charge is -2.10. The summed E-state index contributed by atoms with van der Waals surface area (Å²) in [5, 5.41) is 1.14. The van der Waals surface area contributed by atoms with Crippen molar-refractivity contribution in [3.63, 3.8) is 0 Å². The van der Waals surface area contributed by atoms with Crippen LogP contribution in [0.2, 0.25) is 0 Å². The summed E-state index contributed by atoms with van der Waals surface area (Å²) in [6, 6.07) is 42.4. The van der Waals surface area contributed by atoms with Crippen molar-refractivity contribution in [1.29, 1.82) is 0 Å². The molecular weight excluding hydrogens is 685 g/mol. The van der Waals surface area contributed by atoms with Crippen molar-refractivity contribution in [3.8, 4) is 28.4 Å². The number of carbonyl (C=O) groups is 1. The number of unbranched alkanes of at least 4 members (excludes halogenated alkanes) is 2. The van der Waals surface area contributed by atoms with Crippen molar-refractivity contribution in [1.82, 2.24) is 9.97 Å². The van der Waals surface area contributed by atoms with Crippen LogP contribution in [-0.4, -0.2) is 41.0 Å². The molecule has 0 atom stereocenters. The number of benzene rings is 4. The maximum atomic E-state index is 11.0. The number of pyridine rings is 2. The summed E-state index contributed by atoms with van der Waals surface area (Å²) < 4.78 is 17.6. The normalized spacial score (nSPS) is 11.8. The van der Waals surface area contributed by atoms with Crippen LogP contribution in [0.4, 0.5) is 0 Å². The maximum absolute atomic E-state index is 11.0. The van der Waals surface area contributed by atoms with Crippen molar-refractivity contribution in [2.75, 3.05) is 13.2 Å². The quantitative estimate of drug-likeness (QED) is 0.0817. The minimum Gasteiger partial charge on any atom is -0.493 e. The molecule has 3 heterocycles. The number of nitrogens with zero attached hydrogens (tertiary/aromatic N) is 4. The van der Waals surface area contributed by atoms with E-state index in [0.29, 0.717) is 32.8 Å². The number of hydrogen-bond acceptors (Lipinski definition) is 8. The third kappa shape index (κ3) is 13.0. The number of ether oxygens (including phenoxy) is 3. The number of ketones is 1. The van der Waals surface area contributed by atoms with Gasteiger partial charge >= 0.3 is 0 Å². The first-order valence-electron chi connectivity index (χ1n) is 19.1. The molecule has 55 heavy (non-hydrogen) atoms. The fourth-order valence-electron chi connectivity index (χ4n) is 6.04. The second-order valence-corrected chi connectivity index (χ2v) is 13.4. The smallest absolute Gasteiger partial charge is 0.130 e. The lowest BCUT2D eigenvalue weighted by Crippen LogP contribution is -2.01. The van der Waals surface area contributed by atoms with Crippen molar-refractivity contribution in [3.05, 3.63) is 151 Å². The summed E-state index contributed by atoms with van der Waals surface area (Å²) in [5.41, 5.74) is 6.33. The van der Waals surface area contributed by atoms with E-state index in [0.717, 1.165) is 95.0 Å². The van der Waals surface area contributed by atoms with Gasteiger partial charge in [0.2, 0.25) is 0 Å². The molecule has 0 spiro atoms. The topological polar surface area (TPSA) is 95.3 Å². The Hall–Kier alpha value is -6.15. The van der Waals surface area contributed by atoms with E-state index >= 15 is 0 Å². The molecule has 0 amide bonds. The zero-order chi connectivity index (χ0) is 37.9. The first-order chi connectivity index (χ1) is 27.1. The van der Waals surface area contributed by atoms with Crippen LogP contribution in [0.3, 0.4) is 0 Å². The molecule has 280 valence electrons. The third-order valence-corrected chi connectivity index (χ3v) is 8.97. The van der Waals surface area contributed by atoms with Crippen LogP contribution in [-0.2, 0) is 24.4 Å². The molecule has 0 bridgehead atoms. The molecule has 0 N–H and O–H groups in total. The van der Waals surface area contributed by atoms with Gasteiger partial charge in [-0.15, -0.1) is 0 Å². The molecule has 7 rings (SSSR count). The first-order valence-corrected chi connectivity index (χ1v) is 19.1. The molecule has 0 aliphatic carbocycles. The Morgan fingerprint density at radius 3 is 2.16 bits per heavy atom. The molecule has 0 unspecified atom stereocenters. The van der Waals surface area contributed by atoms with Gasteiger partial charge in [0.25, 0.3) is 0 Å². The average Bonchev–Trinajstić information content (AvgIpc) is 3.76. The van der Waals surface area contributed by atoms with E-state index in [1.165, 1.54) is 5.56 Å². The van der Waals surface area contributed by atoms with E-state index in [9.17, 15) is 4.79 Å². The summed E-state index contributed by atoms with van der Waals surface area (Å²) in [6.07, 6.45) is 10.3. The molecule has 8 heteroatoms. The SMILES string of the molecule is C1=NC(CCCOc2cccc(OCc3ccc(-c4ccccc4)cn3)c2)=NC1.CC(=O)CCCCCc1cccc(OCc2ccc3ccccc3n2)c1. The van der Waals surface area contributed by atoms with Gasteiger partial charge in [-0.2, -0.15) is 0 Å². The highest BCUT2D eigenvalue weighted by Gasteiger charge is 2.05. The summed E-state index contributed by atoms with van der Waals surface area (Å²) in [7, 11) is 0.